The maximum absolute atomic E-state index is 12.6. The monoisotopic (exact) mass is 347 g/mol. The first kappa shape index (κ1) is 13.2. The molecule has 0 saturated carbocycles. The van der Waals surface area contributed by atoms with Crippen LogP contribution in [-0.2, 0) is 11.0 Å². The van der Waals surface area contributed by atoms with Crippen LogP contribution in [0.15, 0.2) is 12.3 Å². The summed E-state index contributed by atoms with van der Waals surface area (Å²) in [5, 5.41) is 17.6. The van der Waals surface area contributed by atoms with Gasteiger partial charge in [-0.1, -0.05) is 0 Å². The number of carboxylic acids is 1. The number of hydrogen-bond acceptors (Lipinski definition) is 3. The predicted octanol–water partition coefficient (Wildman–Crippen LogP) is 1.82. The summed E-state index contributed by atoms with van der Waals surface area (Å²) in [6.45, 7) is 0. The molecule has 4 nitrogen and oxygen atoms in total. The van der Waals surface area contributed by atoms with Crippen LogP contribution in [0.5, 0.6) is 0 Å². The van der Waals surface area contributed by atoms with Gasteiger partial charge in [0.1, 0.15) is 3.70 Å². The summed E-state index contributed by atoms with van der Waals surface area (Å²) in [6.07, 6.45) is -5.96. The number of hydrogen-bond donors (Lipinski definition) is 2. The summed E-state index contributed by atoms with van der Waals surface area (Å²) in [6, 6.07) is 0.837. The topological polar surface area (TPSA) is 70.4 Å². The Balaban J connectivity index is 3.40. The minimum absolute atomic E-state index is 0.400. The van der Waals surface area contributed by atoms with Crippen molar-refractivity contribution in [3.8, 4) is 0 Å². The number of alkyl halides is 3. The van der Waals surface area contributed by atoms with Crippen LogP contribution >= 0.6 is 22.6 Å². The normalized spacial score (nSPS) is 13.6. The maximum atomic E-state index is 12.6. The molecule has 0 fully saturated rings. The van der Waals surface area contributed by atoms with E-state index in [1.165, 1.54) is 22.6 Å². The number of aliphatic hydroxyl groups is 1. The van der Waals surface area contributed by atoms with Crippen molar-refractivity contribution in [2.45, 2.75) is 12.3 Å². The van der Waals surface area contributed by atoms with E-state index in [-0.39, 0.29) is 0 Å². The van der Waals surface area contributed by atoms with Gasteiger partial charge in [0.25, 0.3) is 0 Å². The summed E-state index contributed by atoms with van der Waals surface area (Å²) in [5.74, 6) is -1.74. The molecule has 8 heteroatoms. The van der Waals surface area contributed by atoms with E-state index in [0.29, 0.717) is 0 Å². The summed E-state index contributed by atoms with van der Waals surface area (Å²) in [4.78, 5) is 13.9. The van der Waals surface area contributed by atoms with Crippen LogP contribution in [0.3, 0.4) is 0 Å². The maximum Gasteiger partial charge on any atom is 0.419 e. The van der Waals surface area contributed by atoms with Crippen LogP contribution in [0, 0.1) is 3.70 Å². The molecule has 88 valence electrons. The van der Waals surface area contributed by atoms with Crippen molar-refractivity contribution in [2.24, 2.45) is 0 Å². The molecule has 0 spiro atoms. The fraction of sp³-hybridized carbons (Fsp3) is 0.250. The Bertz CT molecular complexity index is 421. The quantitative estimate of drug-likeness (QED) is 0.633. The van der Waals surface area contributed by atoms with Crippen molar-refractivity contribution in [3.05, 3.63) is 27.1 Å². The first-order valence-electron chi connectivity index (χ1n) is 3.87. The molecule has 1 aromatic rings. The van der Waals surface area contributed by atoms with Crippen molar-refractivity contribution >= 4 is 28.6 Å². The van der Waals surface area contributed by atoms with Crippen molar-refractivity contribution in [1.29, 1.82) is 0 Å². The third-order valence-electron chi connectivity index (χ3n) is 1.75. The fourth-order valence-corrected chi connectivity index (χ4v) is 1.87. The molecule has 0 saturated heterocycles. The van der Waals surface area contributed by atoms with Gasteiger partial charge in [0.2, 0.25) is 0 Å². The smallest absolute Gasteiger partial charge is 0.419 e. The Labute approximate surface area is 101 Å². The summed E-state index contributed by atoms with van der Waals surface area (Å²) >= 11 is 1.33. The number of aromatic nitrogens is 1. The van der Waals surface area contributed by atoms with Gasteiger partial charge >= 0.3 is 12.1 Å². The van der Waals surface area contributed by atoms with E-state index in [9.17, 15) is 18.0 Å². The Morgan fingerprint density at radius 2 is 2.06 bits per heavy atom. The molecule has 2 N–H and O–H groups in total. The third kappa shape index (κ3) is 2.61. The van der Waals surface area contributed by atoms with Gasteiger partial charge in [-0.25, -0.2) is 9.78 Å². The van der Waals surface area contributed by atoms with E-state index in [1.54, 1.807) is 0 Å². The lowest BCUT2D eigenvalue weighted by Gasteiger charge is -2.15. The van der Waals surface area contributed by atoms with E-state index in [0.717, 1.165) is 12.3 Å². The summed E-state index contributed by atoms with van der Waals surface area (Å²) in [5.41, 5.74) is -1.93. The molecule has 0 amide bonds. The van der Waals surface area contributed by atoms with Crippen molar-refractivity contribution in [1.82, 2.24) is 4.98 Å². The molecule has 1 unspecified atom stereocenters. The van der Waals surface area contributed by atoms with Crippen LogP contribution < -0.4 is 0 Å². The number of rotatable bonds is 2. The highest BCUT2D eigenvalue weighted by Crippen LogP contribution is 2.36. The minimum Gasteiger partial charge on any atom is -0.479 e. The Kier molecular flexibility index (Phi) is 3.73. The standard InChI is InChI=1S/C8H5F3INO3/c9-8(10,11)4-3(5(14)7(15)16)1-2-13-6(4)12/h1-2,5,14H,(H,15,16). The molecule has 0 aliphatic carbocycles. The molecular formula is C8H5F3INO3. The summed E-state index contributed by atoms with van der Waals surface area (Å²) < 4.78 is 37.4. The van der Waals surface area contributed by atoms with Gasteiger partial charge in [-0.15, -0.1) is 0 Å². The molecule has 1 rings (SSSR count). The lowest BCUT2D eigenvalue weighted by atomic mass is 10.0. The van der Waals surface area contributed by atoms with Crippen LogP contribution in [0.1, 0.15) is 17.2 Å². The number of aliphatic carboxylic acids is 1. The number of halogens is 4. The number of nitrogens with zero attached hydrogens (tertiary/aromatic N) is 1. The number of carboxylic acid groups (broad SMARTS) is 1. The molecule has 0 aromatic carbocycles. The minimum atomic E-state index is -4.75. The molecule has 16 heavy (non-hydrogen) atoms. The highest BCUT2D eigenvalue weighted by atomic mass is 127. The Morgan fingerprint density at radius 1 is 1.50 bits per heavy atom. The molecular weight excluding hydrogens is 342 g/mol. The molecule has 0 aliphatic heterocycles. The van der Waals surface area contributed by atoms with Crippen LogP contribution in [0.2, 0.25) is 0 Å². The zero-order valence-corrected chi connectivity index (χ0v) is 9.65. The van der Waals surface area contributed by atoms with Crippen LogP contribution in [-0.4, -0.2) is 21.2 Å². The first-order chi connectivity index (χ1) is 7.25. The van der Waals surface area contributed by atoms with Crippen LogP contribution in [0.25, 0.3) is 0 Å². The highest BCUT2D eigenvalue weighted by Gasteiger charge is 2.39. The second-order valence-electron chi connectivity index (χ2n) is 2.80. The van der Waals surface area contributed by atoms with Gasteiger partial charge in [-0.3, -0.25) is 0 Å². The zero-order valence-electron chi connectivity index (χ0n) is 7.49. The average Bonchev–Trinajstić information content (AvgIpc) is 2.14. The van der Waals surface area contributed by atoms with Gasteiger partial charge in [-0.2, -0.15) is 13.2 Å². The highest BCUT2D eigenvalue weighted by molar-refractivity contribution is 14.1. The van der Waals surface area contributed by atoms with Gasteiger partial charge in [0.05, 0.1) is 5.56 Å². The Hall–Kier alpha value is -0.900. The molecule has 1 atom stereocenters. The fourth-order valence-electron chi connectivity index (χ4n) is 1.09. The average molecular weight is 347 g/mol. The molecule has 0 radical (unpaired) electrons. The summed E-state index contributed by atoms with van der Waals surface area (Å²) in [7, 11) is 0. The second kappa shape index (κ2) is 4.53. The number of carbonyl (C=O) groups is 1. The number of aliphatic hydroxyl groups excluding tert-OH is 1. The lowest BCUT2D eigenvalue weighted by Crippen LogP contribution is -2.19. The first-order valence-corrected chi connectivity index (χ1v) is 4.95. The van der Waals surface area contributed by atoms with Crippen LogP contribution in [0.4, 0.5) is 13.2 Å². The molecule has 1 aromatic heterocycles. The van der Waals surface area contributed by atoms with Crippen molar-refractivity contribution < 1.29 is 28.2 Å². The zero-order chi connectivity index (χ0) is 12.5. The van der Waals surface area contributed by atoms with Gasteiger partial charge in [-0.05, 0) is 28.7 Å². The SMILES string of the molecule is O=C(O)C(O)c1ccnc(I)c1C(F)(F)F. The van der Waals surface area contributed by atoms with Crippen molar-refractivity contribution in [3.63, 3.8) is 0 Å². The Morgan fingerprint density at radius 3 is 2.50 bits per heavy atom. The predicted molar refractivity (Wildman–Crippen MR) is 54.6 cm³/mol. The number of pyridine rings is 1. The second-order valence-corrected chi connectivity index (χ2v) is 3.83. The van der Waals surface area contributed by atoms with E-state index in [1.807, 2.05) is 0 Å². The van der Waals surface area contributed by atoms with Gasteiger partial charge in [0, 0.05) is 11.8 Å². The molecule has 0 aliphatic rings. The van der Waals surface area contributed by atoms with E-state index in [4.69, 9.17) is 10.2 Å². The largest absolute Gasteiger partial charge is 0.479 e. The molecule has 1 heterocycles. The third-order valence-corrected chi connectivity index (χ3v) is 2.57. The van der Waals surface area contributed by atoms with Gasteiger partial charge in [0.15, 0.2) is 6.10 Å². The van der Waals surface area contributed by atoms with Crippen molar-refractivity contribution in [2.75, 3.05) is 0 Å². The lowest BCUT2D eigenvalue weighted by molar-refractivity contribution is -0.149. The van der Waals surface area contributed by atoms with Gasteiger partial charge < -0.3 is 10.2 Å². The van der Waals surface area contributed by atoms with E-state index in [2.05, 4.69) is 4.98 Å². The van der Waals surface area contributed by atoms with E-state index < -0.39 is 33.1 Å². The molecule has 0 bridgehead atoms. The van der Waals surface area contributed by atoms with E-state index >= 15 is 0 Å².